The van der Waals surface area contributed by atoms with Crippen molar-refractivity contribution in [3.8, 4) is 11.5 Å². The van der Waals surface area contributed by atoms with Crippen molar-refractivity contribution in [1.29, 1.82) is 0 Å². The fourth-order valence-corrected chi connectivity index (χ4v) is 3.06. The Morgan fingerprint density at radius 2 is 1.95 bits per heavy atom. The fourth-order valence-electron chi connectivity index (χ4n) is 3.06. The molecule has 1 aromatic carbocycles. The summed E-state index contributed by atoms with van der Waals surface area (Å²) >= 11 is 0. The second-order valence-corrected chi connectivity index (χ2v) is 5.60. The Balaban J connectivity index is 1.73. The van der Waals surface area contributed by atoms with Gasteiger partial charge in [0.15, 0.2) is 11.5 Å². The molecule has 1 atom stereocenters. The third kappa shape index (κ3) is 2.69. The van der Waals surface area contributed by atoms with Crippen LogP contribution in [0.15, 0.2) is 12.1 Å². The first kappa shape index (κ1) is 12.8. The lowest BCUT2D eigenvalue weighted by molar-refractivity contribution is 0.174. The normalized spacial score (nSPS) is 20.5. The van der Waals surface area contributed by atoms with E-state index in [1.54, 1.807) is 0 Å². The van der Waals surface area contributed by atoms with E-state index in [2.05, 4.69) is 18.3 Å². The van der Waals surface area contributed by atoms with Crippen molar-refractivity contribution >= 4 is 0 Å². The summed E-state index contributed by atoms with van der Waals surface area (Å²) < 4.78 is 10.8. The van der Waals surface area contributed by atoms with E-state index >= 15 is 0 Å². The molecule has 0 spiro atoms. The van der Waals surface area contributed by atoms with Crippen molar-refractivity contribution in [1.82, 2.24) is 5.32 Å². The van der Waals surface area contributed by atoms with E-state index in [-0.39, 0.29) is 6.04 Å². The van der Waals surface area contributed by atoms with E-state index in [9.17, 15) is 0 Å². The Morgan fingerprint density at radius 1 is 1.26 bits per heavy atom. The Bertz CT molecular complexity index is 456. The highest BCUT2D eigenvalue weighted by molar-refractivity contribution is 5.49. The third-order valence-corrected chi connectivity index (χ3v) is 4.21. The van der Waals surface area contributed by atoms with Crippen LogP contribution in [0.25, 0.3) is 0 Å². The zero-order valence-electron chi connectivity index (χ0n) is 11.4. The molecule has 0 aliphatic carbocycles. The van der Waals surface area contributed by atoms with Crippen molar-refractivity contribution in [2.45, 2.75) is 32.2 Å². The van der Waals surface area contributed by atoms with Gasteiger partial charge in [-0.05, 0) is 68.5 Å². The second kappa shape index (κ2) is 5.39. The molecule has 0 aromatic heterocycles. The number of nitrogens with one attached hydrogen (secondary N) is 1. The maximum Gasteiger partial charge on any atom is 0.231 e. The first-order valence-corrected chi connectivity index (χ1v) is 7.10. The highest BCUT2D eigenvalue weighted by Crippen LogP contribution is 2.37. The van der Waals surface area contributed by atoms with Gasteiger partial charge in [0.1, 0.15) is 0 Å². The molecule has 0 bridgehead atoms. The molecule has 1 aromatic rings. The van der Waals surface area contributed by atoms with Crippen LogP contribution in [0.2, 0.25) is 0 Å². The maximum atomic E-state index is 6.40. The number of aryl methyl sites for hydroxylation is 1. The number of ether oxygens (including phenoxy) is 2. The van der Waals surface area contributed by atoms with Crippen molar-refractivity contribution in [3.63, 3.8) is 0 Å². The number of hydrogen-bond donors (Lipinski definition) is 2. The van der Waals surface area contributed by atoms with Crippen LogP contribution in [0.3, 0.4) is 0 Å². The van der Waals surface area contributed by atoms with Gasteiger partial charge in [0, 0.05) is 6.04 Å². The molecule has 2 heterocycles. The molecule has 0 amide bonds. The molecule has 4 heteroatoms. The lowest BCUT2D eigenvalue weighted by Crippen LogP contribution is -2.29. The summed E-state index contributed by atoms with van der Waals surface area (Å²) in [7, 11) is 0. The van der Waals surface area contributed by atoms with Gasteiger partial charge in [-0.3, -0.25) is 0 Å². The average molecular weight is 262 g/mol. The van der Waals surface area contributed by atoms with Crippen LogP contribution in [0.4, 0.5) is 0 Å². The molecule has 104 valence electrons. The molecule has 0 radical (unpaired) electrons. The minimum atomic E-state index is 0.0950. The van der Waals surface area contributed by atoms with E-state index < -0.39 is 0 Å². The summed E-state index contributed by atoms with van der Waals surface area (Å²) in [6.07, 6.45) is 3.52. The molecule has 3 N–H and O–H groups in total. The smallest absolute Gasteiger partial charge is 0.231 e. The summed E-state index contributed by atoms with van der Waals surface area (Å²) in [5.74, 6) is 2.41. The molecule has 3 rings (SSSR count). The van der Waals surface area contributed by atoms with Gasteiger partial charge in [0.2, 0.25) is 6.79 Å². The monoisotopic (exact) mass is 262 g/mol. The average Bonchev–Trinajstić information content (AvgIpc) is 2.86. The summed E-state index contributed by atoms with van der Waals surface area (Å²) in [6, 6.07) is 4.20. The topological polar surface area (TPSA) is 56.5 Å². The zero-order chi connectivity index (χ0) is 13.2. The van der Waals surface area contributed by atoms with Crippen LogP contribution < -0.4 is 20.5 Å². The molecule has 2 aliphatic rings. The summed E-state index contributed by atoms with van der Waals surface area (Å²) in [6.45, 7) is 4.66. The number of rotatable bonds is 3. The van der Waals surface area contributed by atoms with E-state index in [4.69, 9.17) is 15.2 Å². The van der Waals surface area contributed by atoms with Gasteiger partial charge in [0.25, 0.3) is 0 Å². The van der Waals surface area contributed by atoms with Crippen LogP contribution in [-0.2, 0) is 0 Å². The number of nitrogens with two attached hydrogens (primary N) is 1. The van der Waals surface area contributed by atoms with Crippen LogP contribution in [0.5, 0.6) is 11.5 Å². The van der Waals surface area contributed by atoms with Crippen molar-refractivity contribution in [2.24, 2.45) is 11.7 Å². The van der Waals surface area contributed by atoms with Gasteiger partial charge in [-0.15, -0.1) is 0 Å². The Hall–Kier alpha value is -1.26. The second-order valence-electron chi connectivity index (χ2n) is 5.60. The zero-order valence-corrected chi connectivity index (χ0v) is 11.4. The number of fused-ring (bicyclic) bond motifs is 1. The van der Waals surface area contributed by atoms with Crippen molar-refractivity contribution in [2.75, 3.05) is 19.9 Å². The van der Waals surface area contributed by atoms with Crippen LogP contribution >= 0.6 is 0 Å². The Morgan fingerprint density at radius 3 is 2.68 bits per heavy atom. The molecule has 4 nitrogen and oxygen atoms in total. The third-order valence-electron chi connectivity index (χ3n) is 4.21. The predicted octanol–water partition coefficient (Wildman–Crippen LogP) is 2.11. The number of hydrogen-bond acceptors (Lipinski definition) is 4. The molecule has 2 aliphatic heterocycles. The first-order valence-electron chi connectivity index (χ1n) is 7.10. The largest absolute Gasteiger partial charge is 0.454 e. The summed E-state index contributed by atoms with van der Waals surface area (Å²) in [5.41, 5.74) is 8.80. The number of piperidine rings is 1. The molecular formula is C15H22N2O2. The van der Waals surface area contributed by atoms with E-state index in [1.165, 1.54) is 24.0 Å². The standard InChI is InChI=1S/C15H22N2O2/c1-10-6-14-15(19-9-18-14)8-12(10)13(16)7-11-2-4-17-5-3-11/h6,8,11,13,17H,2-5,7,9,16H2,1H3. The Labute approximate surface area is 114 Å². The van der Waals surface area contributed by atoms with Crippen LogP contribution in [-0.4, -0.2) is 19.9 Å². The lowest BCUT2D eigenvalue weighted by atomic mass is 9.87. The summed E-state index contributed by atoms with van der Waals surface area (Å²) in [4.78, 5) is 0. The van der Waals surface area contributed by atoms with Crippen LogP contribution in [0, 0.1) is 12.8 Å². The van der Waals surface area contributed by atoms with Gasteiger partial charge >= 0.3 is 0 Å². The van der Waals surface area contributed by atoms with Crippen molar-refractivity contribution < 1.29 is 9.47 Å². The maximum absolute atomic E-state index is 6.40. The highest BCUT2D eigenvalue weighted by Gasteiger charge is 2.22. The lowest BCUT2D eigenvalue weighted by Gasteiger charge is -2.26. The quantitative estimate of drug-likeness (QED) is 0.876. The Kier molecular flexibility index (Phi) is 3.62. The first-order chi connectivity index (χ1) is 9.24. The van der Waals surface area contributed by atoms with E-state index in [0.29, 0.717) is 6.79 Å². The van der Waals surface area contributed by atoms with Gasteiger partial charge in [-0.2, -0.15) is 0 Å². The minimum Gasteiger partial charge on any atom is -0.454 e. The van der Waals surface area contributed by atoms with E-state index in [1.807, 2.05) is 6.07 Å². The SMILES string of the molecule is Cc1cc2c(cc1C(N)CC1CCNCC1)OCO2. The molecular weight excluding hydrogens is 240 g/mol. The minimum absolute atomic E-state index is 0.0950. The highest BCUT2D eigenvalue weighted by atomic mass is 16.7. The van der Waals surface area contributed by atoms with Crippen LogP contribution in [0.1, 0.15) is 36.4 Å². The van der Waals surface area contributed by atoms with Crippen molar-refractivity contribution in [3.05, 3.63) is 23.3 Å². The fraction of sp³-hybridized carbons (Fsp3) is 0.600. The molecule has 1 unspecified atom stereocenters. The molecule has 0 saturated carbocycles. The molecule has 1 saturated heterocycles. The predicted molar refractivity (Wildman–Crippen MR) is 74.4 cm³/mol. The molecule has 1 fully saturated rings. The van der Waals surface area contributed by atoms with Gasteiger partial charge in [0.05, 0.1) is 0 Å². The van der Waals surface area contributed by atoms with Gasteiger partial charge < -0.3 is 20.5 Å². The molecule has 19 heavy (non-hydrogen) atoms. The summed E-state index contributed by atoms with van der Waals surface area (Å²) in [5, 5.41) is 3.40. The van der Waals surface area contributed by atoms with Gasteiger partial charge in [-0.25, -0.2) is 0 Å². The van der Waals surface area contributed by atoms with E-state index in [0.717, 1.165) is 36.9 Å². The van der Waals surface area contributed by atoms with Gasteiger partial charge in [-0.1, -0.05) is 0 Å². The number of benzene rings is 1.